The van der Waals surface area contributed by atoms with E-state index in [1.807, 2.05) is 29.5 Å². The fraction of sp³-hybridized carbons (Fsp3) is 0.450. The number of hydrogen-bond acceptors (Lipinski definition) is 3. The van der Waals surface area contributed by atoms with E-state index in [0.29, 0.717) is 11.3 Å². The van der Waals surface area contributed by atoms with Crippen molar-refractivity contribution in [2.24, 2.45) is 7.05 Å². The summed E-state index contributed by atoms with van der Waals surface area (Å²) in [5.41, 5.74) is 2.43. The Hall–Kier alpha value is -2.21. The summed E-state index contributed by atoms with van der Waals surface area (Å²) in [6.07, 6.45) is 5.69. The van der Waals surface area contributed by atoms with Gasteiger partial charge in [-0.1, -0.05) is 35.9 Å². The predicted octanol–water partition coefficient (Wildman–Crippen LogP) is 3.76. The number of benzene rings is 1. The van der Waals surface area contributed by atoms with Crippen molar-refractivity contribution in [2.75, 3.05) is 13.1 Å². The highest BCUT2D eigenvalue weighted by Crippen LogP contribution is 2.25. The summed E-state index contributed by atoms with van der Waals surface area (Å²) in [5, 5.41) is 7.19. The molecule has 1 aromatic carbocycles. The maximum atomic E-state index is 12.7. The van der Waals surface area contributed by atoms with E-state index in [1.54, 1.807) is 6.08 Å². The second-order valence-electron chi connectivity index (χ2n) is 7.05. The predicted molar refractivity (Wildman–Crippen MR) is 105 cm³/mol. The van der Waals surface area contributed by atoms with Gasteiger partial charge in [0.1, 0.15) is 5.82 Å². The lowest BCUT2D eigenvalue weighted by Gasteiger charge is -2.31. The summed E-state index contributed by atoms with van der Waals surface area (Å²) >= 11 is 5.21. The number of nitrogens with one attached hydrogen (secondary N) is 1. The quantitative estimate of drug-likeness (QED) is 0.644. The Morgan fingerprint density at radius 3 is 2.85 bits per heavy atom. The van der Waals surface area contributed by atoms with E-state index >= 15 is 0 Å². The van der Waals surface area contributed by atoms with Crippen LogP contribution in [0.1, 0.15) is 43.5 Å². The molecule has 0 radical (unpaired) electrons. The van der Waals surface area contributed by atoms with Gasteiger partial charge in [-0.2, -0.15) is 5.10 Å². The maximum Gasteiger partial charge on any atom is 0.246 e. The number of nitrogens with zero attached hydrogens (tertiary/aromatic N) is 3. The van der Waals surface area contributed by atoms with Crippen LogP contribution in [0.3, 0.4) is 0 Å². The Morgan fingerprint density at radius 2 is 2.15 bits per heavy atom. The normalized spacial score (nSPS) is 18.2. The van der Waals surface area contributed by atoms with E-state index in [1.165, 1.54) is 5.56 Å². The molecule has 0 saturated carbocycles. The molecule has 1 aromatic heterocycles. The minimum absolute atomic E-state index is 0.108. The Balaban J connectivity index is 1.60. The molecular formula is C20H26N4OS. The molecule has 138 valence electrons. The first-order valence-corrected chi connectivity index (χ1v) is 9.56. The number of H-pyrrole nitrogens is 1. The number of amides is 1. The summed E-state index contributed by atoms with van der Waals surface area (Å²) in [7, 11) is 1.93. The van der Waals surface area contributed by atoms with E-state index in [2.05, 4.69) is 34.5 Å². The molecule has 1 fully saturated rings. The number of aryl methyl sites for hydroxylation is 1. The molecule has 5 nitrogen and oxygen atoms in total. The Morgan fingerprint density at radius 1 is 1.38 bits per heavy atom. The molecule has 1 atom stereocenters. The molecule has 26 heavy (non-hydrogen) atoms. The van der Waals surface area contributed by atoms with Crippen LogP contribution < -0.4 is 0 Å². The summed E-state index contributed by atoms with van der Waals surface area (Å²) in [6, 6.07) is 10.4. The number of allylic oxidation sites excluding steroid dienone is 1. The number of likely N-dealkylation sites (tertiary alicyclic amines) is 1. The minimum Gasteiger partial charge on any atom is -0.338 e. The molecule has 0 spiro atoms. The second kappa shape index (κ2) is 8.45. The van der Waals surface area contributed by atoms with Crippen molar-refractivity contribution in [3.05, 3.63) is 58.1 Å². The van der Waals surface area contributed by atoms with Gasteiger partial charge in [-0.15, -0.1) is 0 Å². The smallest absolute Gasteiger partial charge is 0.246 e. The van der Waals surface area contributed by atoms with Crippen LogP contribution in [0.4, 0.5) is 0 Å². The monoisotopic (exact) mass is 370 g/mol. The zero-order valence-corrected chi connectivity index (χ0v) is 16.3. The molecule has 1 aliphatic heterocycles. The number of rotatable bonds is 5. The van der Waals surface area contributed by atoms with Crippen LogP contribution in [0.2, 0.25) is 0 Å². The highest BCUT2D eigenvalue weighted by molar-refractivity contribution is 7.71. The Bertz CT molecular complexity index is 837. The van der Waals surface area contributed by atoms with Crippen LogP contribution >= 0.6 is 12.2 Å². The molecule has 3 rings (SSSR count). The summed E-state index contributed by atoms with van der Waals surface area (Å²) in [6.45, 7) is 3.56. The van der Waals surface area contributed by atoms with Crippen LogP contribution in [0.25, 0.3) is 0 Å². The highest BCUT2D eigenvalue weighted by atomic mass is 32.1. The van der Waals surface area contributed by atoms with E-state index in [-0.39, 0.29) is 11.8 Å². The molecule has 1 N–H and O–H groups in total. The Kier molecular flexibility index (Phi) is 6.04. The average molecular weight is 371 g/mol. The van der Waals surface area contributed by atoms with Gasteiger partial charge in [-0.3, -0.25) is 9.89 Å². The van der Waals surface area contributed by atoms with Crippen LogP contribution in [-0.4, -0.2) is 38.7 Å². The first kappa shape index (κ1) is 18.6. The fourth-order valence-corrected chi connectivity index (χ4v) is 3.61. The van der Waals surface area contributed by atoms with E-state index < -0.39 is 0 Å². The number of carbonyl (C=O) groups excluding carboxylic acids is 1. The SMILES string of the molecule is C/C(=C\C(=O)N1CCCC(c2n[nH]c(=S)n2C)C1)CCc1ccccc1. The van der Waals surface area contributed by atoms with Crippen molar-refractivity contribution >= 4 is 18.1 Å². The molecule has 1 amide bonds. The van der Waals surface area contributed by atoms with Gasteiger partial charge in [0, 0.05) is 32.1 Å². The lowest BCUT2D eigenvalue weighted by Crippen LogP contribution is -2.39. The zero-order valence-electron chi connectivity index (χ0n) is 15.4. The van der Waals surface area contributed by atoms with Gasteiger partial charge in [-0.25, -0.2) is 0 Å². The number of hydrogen-bond donors (Lipinski definition) is 1. The molecule has 1 unspecified atom stereocenters. The van der Waals surface area contributed by atoms with Crippen molar-refractivity contribution in [1.82, 2.24) is 19.7 Å². The molecular weight excluding hydrogens is 344 g/mol. The largest absolute Gasteiger partial charge is 0.338 e. The van der Waals surface area contributed by atoms with E-state index in [4.69, 9.17) is 12.2 Å². The molecule has 1 saturated heterocycles. The van der Waals surface area contributed by atoms with Crippen LogP contribution in [0.5, 0.6) is 0 Å². The van der Waals surface area contributed by atoms with Gasteiger partial charge in [-0.05, 0) is 50.4 Å². The molecule has 0 bridgehead atoms. The van der Waals surface area contributed by atoms with Gasteiger partial charge in [0.15, 0.2) is 4.77 Å². The van der Waals surface area contributed by atoms with Crippen molar-refractivity contribution in [2.45, 2.75) is 38.5 Å². The summed E-state index contributed by atoms with van der Waals surface area (Å²) < 4.78 is 2.54. The summed E-state index contributed by atoms with van der Waals surface area (Å²) in [5.74, 6) is 1.29. The van der Waals surface area contributed by atoms with Gasteiger partial charge < -0.3 is 9.47 Å². The van der Waals surface area contributed by atoms with E-state index in [9.17, 15) is 4.79 Å². The first-order valence-electron chi connectivity index (χ1n) is 9.16. The van der Waals surface area contributed by atoms with E-state index in [0.717, 1.165) is 43.6 Å². The third kappa shape index (κ3) is 4.49. The first-order chi connectivity index (χ1) is 12.5. The highest BCUT2D eigenvalue weighted by Gasteiger charge is 2.26. The molecule has 2 heterocycles. The number of aromatic amines is 1. The van der Waals surface area contributed by atoms with Gasteiger partial charge in [0.2, 0.25) is 5.91 Å². The lowest BCUT2D eigenvalue weighted by atomic mass is 9.97. The maximum absolute atomic E-state index is 12.7. The summed E-state index contributed by atoms with van der Waals surface area (Å²) in [4.78, 5) is 14.6. The third-order valence-corrected chi connectivity index (χ3v) is 5.40. The Labute approximate surface area is 159 Å². The molecule has 0 aliphatic carbocycles. The van der Waals surface area contributed by atoms with Gasteiger partial charge in [0.05, 0.1) is 0 Å². The minimum atomic E-state index is 0.108. The van der Waals surface area contributed by atoms with Crippen molar-refractivity contribution in [3.63, 3.8) is 0 Å². The number of aromatic nitrogens is 3. The molecule has 2 aromatic rings. The van der Waals surface area contributed by atoms with Crippen molar-refractivity contribution in [3.8, 4) is 0 Å². The average Bonchev–Trinajstić information content (AvgIpc) is 3.00. The number of piperidine rings is 1. The standard InChI is InChI=1S/C20H26N4OS/c1-15(10-11-16-7-4-3-5-8-16)13-18(25)24-12-6-9-17(14-24)19-21-22-20(26)23(19)2/h3-5,7-8,13,17H,6,9-12,14H2,1-2H3,(H,22,26)/b15-13+. The van der Waals surface area contributed by atoms with Gasteiger partial charge in [0.25, 0.3) is 0 Å². The van der Waals surface area contributed by atoms with Gasteiger partial charge >= 0.3 is 0 Å². The van der Waals surface area contributed by atoms with Crippen molar-refractivity contribution < 1.29 is 4.79 Å². The molecule has 6 heteroatoms. The zero-order chi connectivity index (χ0) is 18.5. The lowest BCUT2D eigenvalue weighted by molar-refractivity contribution is -0.127. The van der Waals surface area contributed by atoms with Crippen LogP contribution in [0.15, 0.2) is 42.0 Å². The molecule has 1 aliphatic rings. The second-order valence-corrected chi connectivity index (χ2v) is 7.43. The van der Waals surface area contributed by atoms with Crippen LogP contribution in [-0.2, 0) is 18.3 Å². The van der Waals surface area contributed by atoms with Crippen molar-refractivity contribution in [1.29, 1.82) is 0 Å². The fourth-order valence-electron chi connectivity index (χ4n) is 3.47. The number of carbonyl (C=O) groups is 1. The third-order valence-electron chi connectivity index (χ3n) is 5.03. The van der Waals surface area contributed by atoms with Crippen LogP contribution in [0, 0.1) is 4.77 Å². The topological polar surface area (TPSA) is 53.9 Å².